The number of piperidine rings is 1. The highest BCUT2D eigenvalue weighted by Crippen LogP contribution is 2.35. The maximum absolute atomic E-state index is 6.28. The molecule has 3 aliphatic rings. The predicted molar refractivity (Wildman–Crippen MR) is 93.8 cm³/mol. The molecule has 0 amide bonds. The summed E-state index contributed by atoms with van der Waals surface area (Å²) >= 11 is 0. The third-order valence-electron chi connectivity index (χ3n) is 5.94. The topological polar surface area (TPSA) is 24.9 Å². The van der Waals surface area contributed by atoms with E-state index in [0.717, 1.165) is 25.6 Å². The van der Waals surface area contributed by atoms with E-state index in [1.165, 1.54) is 45.3 Å². The molecule has 0 N–H and O–H groups in total. The summed E-state index contributed by atoms with van der Waals surface area (Å²) in [6.07, 6.45) is 5.80. The molecule has 0 atom stereocenters. The van der Waals surface area contributed by atoms with E-state index in [-0.39, 0.29) is 5.60 Å². The molecule has 23 heavy (non-hydrogen) atoms. The van der Waals surface area contributed by atoms with Crippen LogP contribution < -0.4 is 0 Å². The summed E-state index contributed by atoms with van der Waals surface area (Å²) in [4.78, 5) is 5.26. The first-order chi connectivity index (χ1) is 11.0. The SMILES string of the molecule is CC(C)OC1CC(CN2CCOC3(CCN(C(C)C)CC3)C2)C1. The van der Waals surface area contributed by atoms with Gasteiger partial charge in [-0.15, -0.1) is 0 Å². The van der Waals surface area contributed by atoms with Gasteiger partial charge in [0.05, 0.1) is 24.4 Å². The Balaban J connectivity index is 1.43. The fourth-order valence-electron chi connectivity index (χ4n) is 4.51. The minimum Gasteiger partial charge on any atom is -0.376 e. The molecule has 1 spiro atoms. The number of hydrogen-bond acceptors (Lipinski definition) is 4. The lowest BCUT2D eigenvalue weighted by atomic mass is 9.81. The molecule has 1 saturated carbocycles. The monoisotopic (exact) mass is 324 g/mol. The molecule has 0 bridgehead atoms. The molecule has 3 rings (SSSR count). The van der Waals surface area contributed by atoms with Crippen molar-refractivity contribution in [1.82, 2.24) is 9.80 Å². The molecule has 1 aliphatic carbocycles. The van der Waals surface area contributed by atoms with Crippen molar-refractivity contribution in [2.24, 2.45) is 5.92 Å². The zero-order chi connectivity index (χ0) is 16.4. The minimum absolute atomic E-state index is 0.140. The van der Waals surface area contributed by atoms with E-state index in [1.807, 2.05) is 0 Å². The lowest BCUT2D eigenvalue weighted by Gasteiger charge is -2.49. The van der Waals surface area contributed by atoms with Gasteiger partial charge in [-0.2, -0.15) is 0 Å². The molecule has 0 aromatic rings. The van der Waals surface area contributed by atoms with Crippen molar-refractivity contribution in [2.45, 2.75) is 77.2 Å². The van der Waals surface area contributed by atoms with Crippen LogP contribution in [0.4, 0.5) is 0 Å². The Bertz CT molecular complexity index is 372. The van der Waals surface area contributed by atoms with Crippen LogP contribution in [0.15, 0.2) is 0 Å². The first-order valence-electron chi connectivity index (χ1n) is 9.71. The molecule has 3 fully saturated rings. The van der Waals surface area contributed by atoms with Crippen LogP contribution in [0.1, 0.15) is 53.4 Å². The zero-order valence-electron chi connectivity index (χ0n) is 15.6. The fraction of sp³-hybridized carbons (Fsp3) is 1.00. The normalized spacial score (nSPS) is 32.6. The van der Waals surface area contributed by atoms with Crippen molar-refractivity contribution in [2.75, 3.05) is 39.3 Å². The van der Waals surface area contributed by atoms with Gasteiger partial charge in [-0.1, -0.05) is 0 Å². The van der Waals surface area contributed by atoms with Crippen LogP contribution in [0, 0.1) is 5.92 Å². The second-order valence-corrected chi connectivity index (χ2v) is 8.54. The molecular formula is C19H36N2O2. The summed E-state index contributed by atoms with van der Waals surface area (Å²) in [6.45, 7) is 15.7. The van der Waals surface area contributed by atoms with Crippen molar-refractivity contribution in [3.63, 3.8) is 0 Å². The van der Waals surface area contributed by atoms with E-state index in [1.54, 1.807) is 0 Å². The maximum Gasteiger partial charge on any atom is 0.0833 e. The highest BCUT2D eigenvalue weighted by molar-refractivity contribution is 4.94. The van der Waals surface area contributed by atoms with Crippen LogP contribution in [0.2, 0.25) is 0 Å². The summed E-state index contributed by atoms with van der Waals surface area (Å²) in [5.41, 5.74) is 0.140. The third kappa shape index (κ3) is 4.47. The Hall–Kier alpha value is -0.160. The van der Waals surface area contributed by atoms with Crippen LogP contribution in [0.5, 0.6) is 0 Å². The zero-order valence-corrected chi connectivity index (χ0v) is 15.6. The van der Waals surface area contributed by atoms with Crippen molar-refractivity contribution < 1.29 is 9.47 Å². The van der Waals surface area contributed by atoms with Crippen LogP contribution in [-0.4, -0.2) is 73.0 Å². The molecule has 4 heteroatoms. The lowest BCUT2D eigenvalue weighted by molar-refractivity contribution is -0.145. The van der Waals surface area contributed by atoms with E-state index in [2.05, 4.69) is 37.5 Å². The Morgan fingerprint density at radius 3 is 2.39 bits per heavy atom. The molecule has 0 radical (unpaired) electrons. The number of morpholine rings is 1. The van der Waals surface area contributed by atoms with Gasteiger partial charge in [-0.3, -0.25) is 4.90 Å². The molecule has 134 valence electrons. The minimum atomic E-state index is 0.140. The van der Waals surface area contributed by atoms with Crippen molar-refractivity contribution >= 4 is 0 Å². The van der Waals surface area contributed by atoms with Crippen molar-refractivity contribution in [3.8, 4) is 0 Å². The van der Waals surface area contributed by atoms with Gasteiger partial charge in [0.25, 0.3) is 0 Å². The van der Waals surface area contributed by atoms with Crippen molar-refractivity contribution in [1.29, 1.82) is 0 Å². The van der Waals surface area contributed by atoms with Crippen LogP contribution in [0.3, 0.4) is 0 Å². The average molecular weight is 325 g/mol. The predicted octanol–water partition coefficient (Wildman–Crippen LogP) is 2.77. The number of likely N-dealkylation sites (tertiary alicyclic amines) is 1. The van der Waals surface area contributed by atoms with E-state index in [4.69, 9.17) is 9.47 Å². The second-order valence-electron chi connectivity index (χ2n) is 8.54. The molecule has 2 saturated heterocycles. The van der Waals surface area contributed by atoms with Gasteiger partial charge in [-0.25, -0.2) is 0 Å². The third-order valence-corrected chi connectivity index (χ3v) is 5.94. The molecule has 2 aliphatic heterocycles. The van der Waals surface area contributed by atoms with Gasteiger partial charge in [0.15, 0.2) is 0 Å². The van der Waals surface area contributed by atoms with Gasteiger partial charge in [0, 0.05) is 38.8 Å². The van der Waals surface area contributed by atoms with Gasteiger partial charge in [0.2, 0.25) is 0 Å². The summed E-state index contributed by atoms with van der Waals surface area (Å²) < 4.78 is 12.2. The van der Waals surface area contributed by atoms with Gasteiger partial charge < -0.3 is 14.4 Å². The maximum atomic E-state index is 6.28. The first-order valence-corrected chi connectivity index (χ1v) is 9.71. The van der Waals surface area contributed by atoms with Gasteiger partial charge >= 0.3 is 0 Å². The van der Waals surface area contributed by atoms with Crippen LogP contribution >= 0.6 is 0 Å². The molecule has 0 aromatic carbocycles. The summed E-state index contributed by atoms with van der Waals surface area (Å²) in [5, 5.41) is 0. The van der Waals surface area contributed by atoms with Gasteiger partial charge in [0.1, 0.15) is 0 Å². The molecule has 0 aromatic heterocycles. The Morgan fingerprint density at radius 1 is 1.09 bits per heavy atom. The molecule has 2 heterocycles. The molecular weight excluding hydrogens is 288 g/mol. The largest absolute Gasteiger partial charge is 0.376 e. The number of rotatable bonds is 5. The van der Waals surface area contributed by atoms with Crippen LogP contribution in [-0.2, 0) is 9.47 Å². The standard InChI is InChI=1S/C19H36N2O2/c1-15(2)21-7-5-19(6-8-21)14-20(9-10-22-19)13-17-11-18(12-17)23-16(3)4/h15-18H,5-14H2,1-4H3. The van der Waals surface area contributed by atoms with E-state index >= 15 is 0 Å². The van der Waals surface area contributed by atoms with Crippen molar-refractivity contribution in [3.05, 3.63) is 0 Å². The van der Waals surface area contributed by atoms with E-state index in [9.17, 15) is 0 Å². The first kappa shape index (κ1) is 17.7. The quantitative estimate of drug-likeness (QED) is 0.776. The average Bonchev–Trinajstić information content (AvgIpc) is 2.45. The fourth-order valence-corrected chi connectivity index (χ4v) is 4.51. The van der Waals surface area contributed by atoms with Gasteiger partial charge in [-0.05, 0) is 59.3 Å². The summed E-state index contributed by atoms with van der Waals surface area (Å²) in [7, 11) is 0. The highest BCUT2D eigenvalue weighted by Gasteiger charge is 2.41. The molecule has 0 unspecified atom stereocenters. The van der Waals surface area contributed by atoms with E-state index < -0.39 is 0 Å². The van der Waals surface area contributed by atoms with E-state index in [0.29, 0.717) is 18.2 Å². The number of hydrogen-bond donors (Lipinski definition) is 0. The lowest BCUT2D eigenvalue weighted by Crippen LogP contribution is -2.58. The number of nitrogens with zero attached hydrogens (tertiary/aromatic N) is 2. The smallest absolute Gasteiger partial charge is 0.0833 e. The van der Waals surface area contributed by atoms with Crippen LogP contribution in [0.25, 0.3) is 0 Å². The summed E-state index contributed by atoms with van der Waals surface area (Å²) in [6, 6.07) is 0.667. The number of ether oxygens (including phenoxy) is 2. The Morgan fingerprint density at radius 2 is 1.78 bits per heavy atom. The highest BCUT2D eigenvalue weighted by atomic mass is 16.5. The second kappa shape index (κ2) is 7.38. The Kier molecular flexibility index (Phi) is 5.67. The summed E-state index contributed by atoms with van der Waals surface area (Å²) in [5.74, 6) is 0.838. The molecule has 4 nitrogen and oxygen atoms in total. The Labute approximate surface area is 142 Å².